The number of carbonyl (C=O) groups excluding carboxylic acids is 1. The Morgan fingerprint density at radius 3 is 2.85 bits per heavy atom. The van der Waals surface area contributed by atoms with Gasteiger partial charge in [-0.1, -0.05) is 37.3 Å². The van der Waals surface area contributed by atoms with Crippen LogP contribution >= 0.6 is 0 Å². The molecule has 0 saturated carbocycles. The summed E-state index contributed by atoms with van der Waals surface area (Å²) in [7, 11) is 0. The van der Waals surface area contributed by atoms with Gasteiger partial charge >= 0.3 is 0 Å². The molecule has 2 aromatic rings. The average Bonchev–Trinajstić information content (AvgIpc) is 2.94. The van der Waals surface area contributed by atoms with Crippen molar-refractivity contribution in [2.75, 3.05) is 13.1 Å². The summed E-state index contributed by atoms with van der Waals surface area (Å²) >= 11 is 0. The van der Waals surface area contributed by atoms with Gasteiger partial charge in [0.25, 0.3) is 5.91 Å². The third kappa shape index (κ3) is 3.68. The SMILES string of the molecule is CC(CNC(=O)c1cn(CCN)cn1)c1ccccc1. The highest BCUT2D eigenvalue weighted by molar-refractivity contribution is 5.92. The molecule has 1 amide bonds. The fourth-order valence-corrected chi connectivity index (χ4v) is 1.98. The van der Waals surface area contributed by atoms with E-state index in [0.717, 1.165) is 0 Å². The maximum Gasteiger partial charge on any atom is 0.271 e. The topological polar surface area (TPSA) is 72.9 Å². The highest BCUT2D eigenvalue weighted by Gasteiger charge is 2.11. The standard InChI is InChI=1S/C15H20N4O/c1-12(13-5-3-2-4-6-13)9-17-15(20)14-10-19(8-7-16)11-18-14/h2-6,10-12H,7-9,16H2,1H3,(H,17,20). The lowest BCUT2D eigenvalue weighted by molar-refractivity contribution is 0.0947. The number of hydrogen-bond donors (Lipinski definition) is 2. The van der Waals surface area contributed by atoms with Crippen LogP contribution in [0.1, 0.15) is 28.9 Å². The van der Waals surface area contributed by atoms with E-state index in [9.17, 15) is 4.79 Å². The molecule has 5 heteroatoms. The van der Waals surface area contributed by atoms with Crippen LogP contribution in [0.2, 0.25) is 0 Å². The third-order valence-electron chi connectivity index (χ3n) is 3.19. The molecule has 0 aliphatic carbocycles. The van der Waals surface area contributed by atoms with Gasteiger partial charge < -0.3 is 15.6 Å². The summed E-state index contributed by atoms with van der Waals surface area (Å²) in [5.74, 6) is 0.120. The summed E-state index contributed by atoms with van der Waals surface area (Å²) in [6.07, 6.45) is 3.35. The summed E-state index contributed by atoms with van der Waals surface area (Å²) < 4.78 is 1.82. The van der Waals surface area contributed by atoms with Crippen LogP contribution < -0.4 is 11.1 Å². The minimum absolute atomic E-state index is 0.149. The Labute approximate surface area is 118 Å². The maximum atomic E-state index is 12.0. The molecule has 3 N–H and O–H groups in total. The Morgan fingerprint density at radius 2 is 2.15 bits per heavy atom. The Balaban J connectivity index is 1.88. The smallest absolute Gasteiger partial charge is 0.271 e. The van der Waals surface area contributed by atoms with Crippen molar-refractivity contribution in [2.24, 2.45) is 5.73 Å². The van der Waals surface area contributed by atoms with Crippen LogP contribution in [-0.4, -0.2) is 28.5 Å². The van der Waals surface area contributed by atoms with Crippen LogP contribution in [0.4, 0.5) is 0 Å². The van der Waals surface area contributed by atoms with Gasteiger partial charge in [-0.15, -0.1) is 0 Å². The number of imidazole rings is 1. The molecule has 1 atom stereocenters. The highest BCUT2D eigenvalue weighted by Crippen LogP contribution is 2.13. The van der Waals surface area contributed by atoms with Crippen LogP contribution in [0.25, 0.3) is 0 Å². The third-order valence-corrected chi connectivity index (χ3v) is 3.19. The maximum absolute atomic E-state index is 12.0. The predicted octanol–water partition coefficient (Wildman–Crippen LogP) is 1.38. The molecule has 0 spiro atoms. The van der Waals surface area contributed by atoms with E-state index in [-0.39, 0.29) is 11.8 Å². The van der Waals surface area contributed by atoms with Crippen LogP contribution in [0, 0.1) is 0 Å². The minimum Gasteiger partial charge on any atom is -0.350 e. The zero-order valence-corrected chi connectivity index (χ0v) is 11.6. The second kappa shape index (κ2) is 6.86. The number of amides is 1. The lowest BCUT2D eigenvalue weighted by Gasteiger charge is -2.12. The lowest BCUT2D eigenvalue weighted by Crippen LogP contribution is -2.27. The van der Waals surface area contributed by atoms with Crippen molar-refractivity contribution in [1.29, 1.82) is 0 Å². The van der Waals surface area contributed by atoms with Crippen molar-refractivity contribution in [2.45, 2.75) is 19.4 Å². The first kappa shape index (κ1) is 14.3. The number of hydrogen-bond acceptors (Lipinski definition) is 3. The van der Waals surface area contributed by atoms with E-state index in [1.54, 1.807) is 12.5 Å². The average molecular weight is 272 g/mol. The van der Waals surface area contributed by atoms with Crippen molar-refractivity contribution in [3.63, 3.8) is 0 Å². The molecule has 5 nitrogen and oxygen atoms in total. The van der Waals surface area contributed by atoms with Crippen molar-refractivity contribution in [3.05, 3.63) is 54.1 Å². The fraction of sp³-hybridized carbons (Fsp3) is 0.333. The Hall–Kier alpha value is -2.14. The van der Waals surface area contributed by atoms with E-state index in [1.165, 1.54) is 5.56 Å². The first-order valence-electron chi connectivity index (χ1n) is 6.75. The normalized spacial score (nSPS) is 12.1. The van der Waals surface area contributed by atoms with Gasteiger partial charge in [0, 0.05) is 25.8 Å². The lowest BCUT2D eigenvalue weighted by atomic mass is 10.0. The number of carbonyl (C=O) groups is 1. The van der Waals surface area contributed by atoms with Crippen LogP contribution in [0.5, 0.6) is 0 Å². The molecule has 0 aliphatic heterocycles. The Morgan fingerprint density at radius 1 is 1.40 bits per heavy atom. The molecule has 1 heterocycles. The first-order valence-corrected chi connectivity index (χ1v) is 6.75. The van der Waals surface area contributed by atoms with Gasteiger partial charge in [-0.2, -0.15) is 0 Å². The summed E-state index contributed by atoms with van der Waals surface area (Å²) in [6.45, 7) is 3.87. The summed E-state index contributed by atoms with van der Waals surface area (Å²) in [5.41, 5.74) is 7.10. The van der Waals surface area contributed by atoms with Crippen molar-refractivity contribution in [3.8, 4) is 0 Å². The molecule has 0 saturated heterocycles. The van der Waals surface area contributed by atoms with E-state index in [0.29, 0.717) is 25.3 Å². The molecule has 2 rings (SSSR count). The van der Waals surface area contributed by atoms with Gasteiger partial charge in [0.1, 0.15) is 5.69 Å². The van der Waals surface area contributed by atoms with E-state index >= 15 is 0 Å². The van der Waals surface area contributed by atoms with Crippen LogP contribution in [0.3, 0.4) is 0 Å². The number of aromatic nitrogens is 2. The van der Waals surface area contributed by atoms with E-state index < -0.39 is 0 Å². The largest absolute Gasteiger partial charge is 0.350 e. The molecule has 1 unspecified atom stereocenters. The van der Waals surface area contributed by atoms with Gasteiger partial charge in [0.15, 0.2) is 0 Å². The molecule has 20 heavy (non-hydrogen) atoms. The van der Waals surface area contributed by atoms with Gasteiger partial charge in [0.2, 0.25) is 0 Å². The quantitative estimate of drug-likeness (QED) is 0.834. The molecular formula is C15H20N4O. The molecule has 0 bridgehead atoms. The van der Waals surface area contributed by atoms with Crippen molar-refractivity contribution < 1.29 is 4.79 Å². The molecule has 0 aliphatic rings. The molecule has 0 radical (unpaired) electrons. The number of nitrogens with two attached hydrogens (primary N) is 1. The summed E-state index contributed by atoms with van der Waals surface area (Å²) in [5, 5.41) is 2.91. The number of benzene rings is 1. The predicted molar refractivity (Wildman–Crippen MR) is 78.5 cm³/mol. The van der Waals surface area contributed by atoms with Gasteiger partial charge in [-0.3, -0.25) is 4.79 Å². The minimum atomic E-state index is -0.149. The number of nitrogens with zero attached hydrogens (tertiary/aromatic N) is 2. The Kier molecular flexibility index (Phi) is 4.90. The summed E-state index contributed by atoms with van der Waals surface area (Å²) in [6, 6.07) is 10.1. The molecule has 0 fully saturated rings. The van der Waals surface area contributed by atoms with Gasteiger partial charge in [-0.25, -0.2) is 4.98 Å². The molecular weight excluding hydrogens is 252 g/mol. The van der Waals surface area contributed by atoms with Crippen molar-refractivity contribution in [1.82, 2.24) is 14.9 Å². The zero-order valence-electron chi connectivity index (χ0n) is 11.6. The molecule has 1 aromatic carbocycles. The van der Waals surface area contributed by atoms with Crippen LogP contribution in [0.15, 0.2) is 42.9 Å². The van der Waals surface area contributed by atoms with Gasteiger partial charge in [-0.05, 0) is 11.5 Å². The van der Waals surface area contributed by atoms with Crippen molar-refractivity contribution >= 4 is 5.91 Å². The van der Waals surface area contributed by atoms with Crippen LogP contribution in [-0.2, 0) is 6.54 Å². The fourth-order valence-electron chi connectivity index (χ4n) is 1.98. The second-order valence-electron chi connectivity index (χ2n) is 4.81. The van der Waals surface area contributed by atoms with E-state index in [2.05, 4.69) is 29.4 Å². The number of rotatable bonds is 6. The monoisotopic (exact) mass is 272 g/mol. The van der Waals surface area contributed by atoms with E-state index in [4.69, 9.17) is 5.73 Å². The van der Waals surface area contributed by atoms with Gasteiger partial charge in [0.05, 0.1) is 6.33 Å². The molecule has 106 valence electrons. The zero-order chi connectivity index (χ0) is 14.4. The highest BCUT2D eigenvalue weighted by atomic mass is 16.1. The second-order valence-corrected chi connectivity index (χ2v) is 4.81. The first-order chi connectivity index (χ1) is 9.70. The number of nitrogens with one attached hydrogen (secondary N) is 1. The Bertz CT molecular complexity index is 550. The van der Waals surface area contributed by atoms with E-state index in [1.807, 2.05) is 22.8 Å². The molecule has 1 aromatic heterocycles. The summed E-state index contributed by atoms with van der Waals surface area (Å²) in [4.78, 5) is 16.1.